The highest BCUT2D eigenvalue weighted by Crippen LogP contribution is 2.34. The maximum absolute atomic E-state index is 11.5. The number of anilines is 3. The van der Waals surface area contributed by atoms with Crippen LogP contribution in [-0.4, -0.2) is 65.6 Å². The van der Waals surface area contributed by atoms with Crippen LogP contribution >= 0.6 is 0 Å². The van der Waals surface area contributed by atoms with Crippen LogP contribution in [-0.2, 0) is 0 Å². The van der Waals surface area contributed by atoms with Crippen LogP contribution in [0.25, 0.3) is 0 Å². The molecule has 3 rings (SSSR count). The van der Waals surface area contributed by atoms with Gasteiger partial charge in [-0.15, -0.1) is 0 Å². The lowest BCUT2D eigenvalue weighted by atomic mass is 10.00. The topological polar surface area (TPSA) is 105 Å². The maximum atomic E-state index is 11.5. The molecule has 0 saturated carbocycles. The summed E-state index contributed by atoms with van der Waals surface area (Å²) in [6.07, 6.45) is 2.15. The molecule has 0 amide bonds. The predicted octanol–water partition coefficient (Wildman–Crippen LogP) is 1.35. The molecule has 138 valence electrons. The van der Waals surface area contributed by atoms with Crippen molar-refractivity contribution in [2.45, 2.75) is 26.7 Å². The van der Waals surface area contributed by atoms with Crippen LogP contribution in [0.2, 0.25) is 0 Å². The highest BCUT2D eigenvalue weighted by Gasteiger charge is 2.31. The van der Waals surface area contributed by atoms with Crippen molar-refractivity contribution in [2.75, 3.05) is 61.3 Å². The Balaban J connectivity index is 1.90. The van der Waals surface area contributed by atoms with Crippen molar-refractivity contribution in [1.82, 2.24) is 14.9 Å². The lowest BCUT2D eigenvalue weighted by molar-refractivity contribution is -0.383. The Bertz CT molecular complexity index is 623. The molecule has 3 heterocycles. The second kappa shape index (κ2) is 7.38. The Morgan fingerprint density at radius 3 is 2.32 bits per heavy atom. The molecule has 2 aliphatic rings. The minimum Gasteiger partial charge on any atom is -0.378 e. The number of piperazine rings is 1. The average Bonchev–Trinajstić information content (AvgIpc) is 2.61. The number of hydrogen-bond acceptors (Lipinski definition) is 8. The summed E-state index contributed by atoms with van der Waals surface area (Å²) in [6.45, 7) is 10.2. The van der Waals surface area contributed by atoms with E-state index in [2.05, 4.69) is 33.6 Å². The molecule has 1 aromatic rings. The van der Waals surface area contributed by atoms with E-state index in [0.717, 1.165) is 45.6 Å². The molecule has 0 aromatic carbocycles. The number of nitrogen functional groups attached to an aromatic ring is 1. The molecule has 0 unspecified atom stereocenters. The van der Waals surface area contributed by atoms with Gasteiger partial charge in [0.1, 0.15) is 0 Å². The average molecular weight is 349 g/mol. The van der Waals surface area contributed by atoms with Gasteiger partial charge in [-0.05, 0) is 25.3 Å². The zero-order valence-electron chi connectivity index (χ0n) is 15.0. The van der Waals surface area contributed by atoms with E-state index < -0.39 is 4.92 Å². The van der Waals surface area contributed by atoms with Gasteiger partial charge in [0.05, 0.1) is 4.92 Å². The van der Waals surface area contributed by atoms with Gasteiger partial charge < -0.3 is 20.4 Å². The van der Waals surface area contributed by atoms with Crippen LogP contribution in [0.4, 0.5) is 23.3 Å². The molecule has 2 aliphatic heterocycles. The Kier molecular flexibility index (Phi) is 5.22. The molecule has 25 heavy (non-hydrogen) atoms. The van der Waals surface area contributed by atoms with Crippen LogP contribution in [0.1, 0.15) is 26.7 Å². The van der Waals surface area contributed by atoms with E-state index in [0.29, 0.717) is 30.8 Å². The van der Waals surface area contributed by atoms with Gasteiger partial charge in [-0.25, -0.2) is 0 Å². The van der Waals surface area contributed by atoms with E-state index >= 15 is 0 Å². The van der Waals surface area contributed by atoms with Crippen molar-refractivity contribution in [2.24, 2.45) is 5.92 Å². The van der Waals surface area contributed by atoms with E-state index in [-0.39, 0.29) is 11.5 Å². The summed E-state index contributed by atoms with van der Waals surface area (Å²) in [4.78, 5) is 26.3. The SMILES string of the molecule is CCN1CCN(c2nc(N3CCC(C)CC3)nc(N)c2[N+](=O)[O-])CC1. The van der Waals surface area contributed by atoms with Crippen molar-refractivity contribution < 1.29 is 4.92 Å². The minimum atomic E-state index is -0.459. The van der Waals surface area contributed by atoms with Gasteiger partial charge in [-0.3, -0.25) is 10.1 Å². The Morgan fingerprint density at radius 2 is 1.76 bits per heavy atom. The van der Waals surface area contributed by atoms with Crippen molar-refractivity contribution in [3.63, 3.8) is 0 Å². The maximum Gasteiger partial charge on any atom is 0.353 e. The third-order valence-corrected chi connectivity index (χ3v) is 5.25. The van der Waals surface area contributed by atoms with Crippen molar-refractivity contribution in [1.29, 1.82) is 0 Å². The molecule has 0 atom stereocenters. The van der Waals surface area contributed by atoms with E-state index in [4.69, 9.17) is 5.73 Å². The summed E-state index contributed by atoms with van der Waals surface area (Å²) in [7, 11) is 0. The molecular formula is C16H27N7O2. The largest absolute Gasteiger partial charge is 0.378 e. The second-order valence-electron chi connectivity index (χ2n) is 6.93. The quantitative estimate of drug-likeness (QED) is 0.641. The number of nitrogens with zero attached hydrogens (tertiary/aromatic N) is 6. The van der Waals surface area contributed by atoms with Crippen LogP contribution in [0, 0.1) is 16.0 Å². The Morgan fingerprint density at radius 1 is 1.12 bits per heavy atom. The fraction of sp³-hybridized carbons (Fsp3) is 0.750. The third-order valence-electron chi connectivity index (χ3n) is 5.25. The molecule has 1 aromatic heterocycles. The first-order valence-electron chi connectivity index (χ1n) is 9.03. The summed E-state index contributed by atoms with van der Waals surface area (Å²) in [5, 5.41) is 11.5. The van der Waals surface area contributed by atoms with Crippen molar-refractivity contribution in [3.05, 3.63) is 10.1 Å². The summed E-state index contributed by atoms with van der Waals surface area (Å²) in [5.41, 5.74) is 5.79. The van der Waals surface area contributed by atoms with E-state index in [1.54, 1.807) is 0 Å². The predicted molar refractivity (Wildman–Crippen MR) is 98.0 cm³/mol. The first kappa shape index (κ1) is 17.7. The van der Waals surface area contributed by atoms with Crippen molar-refractivity contribution >= 4 is 23.3 Å². The molecule has 0 spiro atoms. The van der Waals surface area contributed by atoms with E-state index in [9.17, 15) is 10.1 Å². The molecule has 0 bridgehead atoms. The van der Waals surface area contributed by atoms with E-state index in [1.165, 1.54) is 0 Å². The summed E-state index contributed by atoms with van der Waals surface area (Å²) in [5.74, 6) is 1.53. The molecule has 2 fully saturated rings. The highest BCUT2D eigenvalue weighted by atomic mass is 16.6. The minimum absolute atomic E-state index is 0.0402. The lowest BCUT2D eigenvalue weighted by Gasteiger charge is -2.35. The van der Waals surface area contributed by atoms with Gasteiger partial charge in [0.15, 0.2) is 0 Å². The van der Waals surface area contributed by atoms with Gasteiger partial charge in [-0.2, -0.15) is 9.97 Å². The summed E-state index contributed by atoms with van der Waals surface area (Å²) in [6, 6.07) is 0. The third kappa shape index (κ3) is 3.76. The van der Waals surface area contributed by atoms with Gasteiger partial charge in [0, 0.05) is 39.3 Å². The van der Waals surface area contributed by atoms with Gasteiger partial charge in [0.2, 0.25) is 17.6 Å². The first-order chi connectivity index (χ1) is 12.0. The van der Waals surface area contributed by atoms with Crippen LogP contribution < -0.4 is 15.5 Å². The molecule has 9 nitrogen and oxygen atoms in total. The molecule has 9 heteroatoms. The zero-order valence-corrected chi connectivity index (χ0v) is 15.0. The van der Waals surface area contributed by atoms with Gasteiger partial charge >= 0.3 is 5.69 Å². The van der Waals surface area contributed by atoms with Gasteiger partial charge in [0.25, 0.3) is 0 Å². The normalized spacial score (nSPS) is 20.1. The van der Waals surface area contributed by atoms with Crippen molar-refractivity contribution in [3.8, 4) is 0 Å². The van der Waals surface area contributed by atoms with E-state index in [1.807, 2.05) is 4.90 Å². The lowest BCUT2D eigenvalue weighted by Crippen LogP contribution is -2.47. The standard InChI is InChI=1S/C16H27N7O2/c1-3-20-8-10-21(11-9-20)15-13(23(24)25)14(17)18-16(19-15)22-6-4-12(2)5-7-22/h12H,3-11H2,1-2H3,(H2,17,18,19). The zero-order chi connectivity index (χ0) is 18.0. The van der Waals surface area contributed by atoms with Gasteiger partial charge in [-0.1, -0.05) is 13.8 Å². The second-order valence-corrected chi connectivity index (χ2v) is 6.93. The number of piperidine rings is 1. The molecule has 2 saturated heterocycles. The molecule has 2 N–H and O–H groups in total. The number of nitro groups is 1. The van der Waals surface area contributed by atoms with Crippen LogP contribution in [0.5, 0.6) is 0 Å². The smallest absolute Gasteiger partial charge is 0.353 e. The molecule has 0 radical (unpaired) electrons. The summed E-state index contributed by atoms with van der Waals surface area (Å²) < 4.78 is 0. The number of likely N-dealkylation sites (N-methyl/N-ethyl adjacent to an activating group) is 1. The number of hydrogen-bond donors (Lipinski definition) is 1. The fourth-order valence-electron chi connectivity index (χ4n) is 3.47. The Hall–Kier alpha value is -2.16. The number of aromatic nitrogens is 2. The van der Waals surface area contributed by atoms with Crippen LogP contribution in [0.3, 0.4) is 0 Å². The summed E-state index contributed by atoms with van der Waals surface area (Å²) >= 11 is 0. The Labute approximate surface area is 148 Å². The first-order valence-corrected chi connectivity index (χ1v) is 9.03. The molecule has 0 aliphatic carbocycles. The molecular weight excluding hydrogens is 322 g/mol. The monoisotopic (exact) mass is 349 g/mol. The highest BCUT2D eigenvalue weighted by molar-refractivity contribution is 5.71. The number of rotatable bonds is 4. The number of nitrogens with two attached hydrogens (primary N) is 1. The van der Waals surface area contributed by atoms with Crippen LogP contribution in [0.15, 0.2) is 0 Å². The fourth-order valence-corrected chi connectivity index (χ4v) is 3.47.